The summed E-state index contributed by atoms with van der Waals surface area (Å²) in [5.41, 5.74) is 2.33. The lowest BCUT2D eigenvalue weighted by molar-refractivity contribution is -0.134. The van der Waals surface area contributed by atoms with Crippen LogP contribution in [0.1, 0.15) is 27.8 Å². The summed E-state index contributed by atoms with van der Waals surface area (Å²) in [6.45, 7) is 7.48. The lowest BCUT2D eigenvalue weighted by Crippen LogP contribution is -1.96. The van der Waals surface area contributed by atoms with E-state index in [1.807, 2.05) is 20.8 Å². The molecule has 0 amide bonds. The molecule has 2 nitrogen and oxygen atoms in total. The average molecular weight is 254 g/mol. The molecule has 0 atom stereocenters. The molecule has 17 heavy (non-hydrogen) atoms. The number of thiophene rings is 1. The molecule has 0 aliphatic rings. The van der Waals surface area contributed by atoms with E-state index in [1.54, 1.807) is 17.4 Å². The molecule has 0 unspecified atom stereocenters. The quantitative estimate of drug-likeness (QED) is 0.653. The van der Waals surface area contributed by atoms with Gasteiger partial charge in [0.05, 0.1) is 0 Å². The van der Waals surface area contributed by atoms with Crippen molar-refractivity contribution in [3.8, 4) is 0 Å². The number of carbonyl (C=O) groups is 1. The lowest BCUT2D eigenvalue weighted by Gasteiger charge is -1.96. The summed E-state index contributed by atoms with van der Waals surface area (Å²) in [4.78, 5) is 12.8. The van der Waals surface area contributed by atoms with Gasteiger partial charge >= 0.3 is 5.97 Å². The van der Waals surface area contributed by atoms with Crippen molar-refractivity contribution >= 4 is 23.4 Å². The maximum atomic E-state index is 13.1. The average Bonchev–Trinajstić information content (AvgIpc) is 2.49. The van der Waals surface area contributed by atoms with E-state index in [0.717, 1.165) is 16.0 Å². The van der Waals surface area contributed by atoms with Crippen LogP contribution in [0.5, 0.6) is 0 Å². The van der Waals surface area contributed by atoms with E-state index in [4.69, 9.17) is 5.11 Å². The standard InChI is InChI=1S/C13H15FO2S/c1-7(12(14)13(15)16)5-6-11-8(2)9(3)17-10(11)4/h5-6H,1-4H3,(H,15,16)/b6-5+,12-7+. The van der Waals surface area contributed by atoms with Gasteiger partial charge in [-0.2, -0.15) is 4.39 Å². The van der Waals surface area contributed by atoms with Crippen LogP contribution in [-0.4, -0.2) is 11.1 Å². The summed E-state index contributed by atoms with van der Waals surface area (Å²) >= 11 is 1.68. The largest absolute Gasteiger partial charge is 0.476 e. The van der Waals surface area contributed by atoms with E-state index in [9.17, 15) is 9.18 Å². The molecule has 0 radical (unpaired) electrons. The van der Waals surface area contributed by atoms with Crippen LogP contribution in [0.2, 0.25) is 0 Å². The van der Waals surface area contributed by atoms with Gasteiger partial charge in [-0.1, -0.05) is 12.2 Å². The fourth-order valence-electron chi connectivity index (χ4n) is 1.51. The first-order valence-electron chi connectivity index (χ1n) is 5.19. The molecule has 0 aromatic carbocycles. The van der Waals surface area contributed by atoms with E-state index in [-0.39, 0.29) is 5.57 Å². The summed E-state index contributed by atoms with van der Waals surface area (Å²) in [5, 5.41) is 8.50. The molecule has 0 aliphatic heterocycles. The zero-order valence-electron chi connectivity index (χ0n) is 10.3. The predicted octanol–water partition coefficient (Wildman–Crippen LogP) is 4.01. The molecule has 1 aromatic heterocycles. The molecule has 0 spiro atoms. The van der Waals surface area contributed by atoms with Crippen molar-refractivity contribution in [2.75, 3.05) is 0 Å². The second-order valence-corrected chi connectivity index (χ2v) is 5.32. The fraction of sp³-hybridized carbons (Fsp3) is 0.308. The Bertz CT molecular complexity index is 510. The Balaban J connectivity index is 3.07. The van der Waals surface area contributed by atoms with Crippen LogP contribution in [0.15, 0.2) is 17.5 Å². The highest BCUT2D eigenvalue weighted by Gasteiger charge is 2.09. The van der Waals surface area contributed by atoms with Crippen LogP contribution in [0.4, 0.5) is 4.39 Å². The molecular weight excluding hydrogens is 239 g/mol. The minimum atomic E-state index is -1.53. The first kappa shape index (κ1) is 13.6. The Labute approximate surface area is 104 Å². The van der Waals surface area contributed by atoms with Crippen LogP contribution in [0.3, 0.4) is 0 Å². The van der Waals surface area contributed by atoms with E-state index in [1.165, 1.54) is 17.9 Å². The number of rotatable bonds is 3. The van der Waals surface area contributed by atoms with Gasteiger partial charge in [0.15, 0.2) is 0 Å². The van der Waals surface area contributed by atoms with Crippen molar-refractivity contribution < 1.29 is 14.3 Å². The topological polar surface area (TPSA) is 37.3 Å². The lowest BCUT2D eigenvalue weighted by atomic mass is 10.1. The molecule has 4 heteroatoms. The van der Waals surface area contributed by atoms with E-state index in [0.29, 0.717) is 0 Å². The van der Waals surface area contributed by atoms with Gasteiger partial charge in [0.1, 0.15) is 0 Å². The van der Waals surface area contributed by atoms with Gasteiger partial charge in [0, 0.05) is 9.75 Å². The molecule has 0 aliphatic carbocycles. The highest BCUT2D eigenvalue weighted by molar-refractivity contribution is 7.12. The van der Waals surface area contributed by atoms with E-state index in [2.05, 4.69) is 0 Å². The minimum Gasteiger partial charge on any atom is -0.476 e. The molecule has 1 N–H and O–H groups in total. The fourth-order valence-corrected chi connectivity index (χ4v) is 2.56. The molecule has 0 saturated heterocycles. The molecule has 0 saturated carbocycles. The van der Waals surface area contributed by atoms with Crippen molar-refractivity contribution in [3.05, 3.63) is 38.4 Å². The number of allylic oxidation sites excluding steroid dienone is 2. The Morgan fingerprint density at radius 2 is 1.88 bits per heavy atom. The molecule has 0 bridgehead atoms. The molecule has 1 aromatic rings. The molecule has 0 fully saturated rings. The van der Waals surface area contributed by atoms with Gasteiger partial charge in [0.2, 0.25) is 5.83 Å². The number of hydrogen-bond acceptors (Lipinski definition) is 2. The first-order valence-corrected chi connectivity index (χ1v) is 6.00. The second kappa shape index (κ2) is 5.27. The SMILES string of the molecule is CC(/C=C/c1c(C)sc(C)c1C)=C(\F)C(=O)O. The van der Waals surface area contributed by atoms with Crippen molar-refractivity contribution in [1.82, 2.24) is 0 Å². The summed E-state index contributed by atoms with van der Waals surface area (Å²) in [5.74, 6) is -2.63. The van der Waals surface area contributed by atoms with Crippen molar-refractivity contribution in [2.24, 2.45) is 0 Å². The minimum absolute atomic E-state index is 0.125. The van der Waals surface area contributed by atoms with Crippen LogP contribution in [0.25, 0.3) is 6.08 Å². The normalized spacial score (nSPS) is 13.0. The maximum Gasteiger partial charge on any atom is 0.365 e. The predicted molar refractivity (Wildman–Crippen MR) is 69.0 cm³/mol. The molecular formula is C13H15FO2S. The Morgan fingerprint density at radius 3 is 2.29 bits per heavy atom. The van der Waals surface area contributed by atoms with Crippen molar-refractivity contribution in [1.29, 1.82) is 0 Å². The van der Waals surface area contributed by atoms with Gasteiger partial charge in [-0.15, -0.1) is 11.3 Å². The van der Waals surface area contributed by atoms with Crippen molar-refractivity contribution in [3.63, 3.8) is 0 Å². The number of carboxylic acids is 1. The zero-order valence-corrected chi connectivity index (χ0v) is 11.1. The van der Waals surface area contributed by atoms with Gasteiger partial charge in [-0.3, -0.25) is 0 Å². The maximum absolute atomic E-state index is 13.1. The van der Waals surface area contributed by atoms with Crippen molar-refractivity contribution in [2.45, 2.75) is 27.7 Å². The van der Waals surface area contributed by atoms with Gasteiger partial charge in [0.25, 0.3) is 0 Å². The first-order chi connectivity index (χ1) is 7.84. The Hall–Kier alpha value is -1.42. The second-order valence-electron chi connectivity index (χ2n) is 3.89. The number of carboxylic acid groups (broad SMARTS) is 1. The Morgan fingerprint density at radius 1 is 1.29 bits per heavy atom. The van der Waals surface area contributed by atoms with E-state index < -0.39 is 11.8 Å². The van der Waals surface area contributed by atoms with Gasteiger partial charge < -0.3 is 5.11 Å². The van der Waals surface area contributed by atoms with E-state index >= 15 is 0 Å². The molecule has 92 valence electrons. The number of aryl methyl sites for hydroxylation is 2. The molecule has 1 heterocycles. The van der Waals surface area contributed by atoms with Gasteiger partial charge in [-0.25, -0.2) is 4.79 Å². The smallest absolute Gasteiger partial charge is 0.365 e. The Kier molecular flexibility index (Phi) is 4.23. The van der Waals surface area contributed by atoms with Gasteiger partial charge in [-0.05, 0) is 44.4 Å². The third kappa shape index (κ3) is 3.03. The number of halogens is 1. The highest BCUT2D eigenvalue weighted by atomic mass is 32.1. The number of hydrogen-bond donors (Lipinski definition) is 1. The third-order valence-corrected chi connectivity index (χ3v) is 3.79. The number of aliphatic carboxylic acids is 1. The summed E-state index contributed by atoms with van der Waals surface area (Å²) in [6.07, 6.45) is 3.27. The van der Waals surface area contributed by atoms with Crippen LogP contribution in [-0.2, 0) is 4.79 Å². The summed E-state index contributed by atoms with van der Waals surface area (Å²) in [6, 6.07) is 0. The zero-order chi connectivity index (χ0) is 13.2. The third-order valence-electron chi connectivity index (χ3n) is 2.65. The molecule has 1 rings (SSSR count). The summed E-state index contributed by atoms with van der Waals surface area (Å²) < 4.78 is 13.1. The highest BCUT2D eigenvalue weighted by Crippen LogP contribution is 2.28. The van der Waals surface area contributed by atoms with Crippen LogP contribution < -0.4 is 0 Å². The van der Waals surface area contributed by atoms with Crippen LogP contribution in [0, 0.1) is 20.8 Å². The monoisotopic (exact) mass is 254 g/mol. The summed E-state index contributed by atoms with van der Waals surface area (Å²) in [7, 11) is 0. The van der Waals surface area contributed by atoms with Crippen LogP contribution >= 0.6 is 11.3 Å².